The Labute approximate surface area is 239 Å². The first-order chi connectivity index (χ1) is 19.2. The summed E-state index contributed by atoms with van der Waals surface area (Å²) in [6, 6.07) is 18.3. The molecular formula is C29H22Cl2N4O5. The number of carbonyl (C=O) groups is 3. The Morgan fingerprint density at radius 2 is 1.62 bits per heavy atom. The molecule has 0 unspecified atom stereocenters. The van der Waals surface area contributed by atoms with E-state index in [1.54, 1.807) is 61.5 Å². The van der Waals surface area contributed by atoms with Crippen LogP contribution in [0.25, 0.3) is 10.8 Å². The number of nitriles is 1. The van der Waals surface area contributed by atoms with E-state index in [4.69, 9.17) is 33.0 Å². The molecule has 0 saturated heterocycles. The number of halogens is 2. The van der Waals surface area contributed by atoms with Gasteiger partial charge in [-0.1, -0.05) is 47.5 Å². The summed E-state index contributed by atoms with van der Waals surface area (Å²) >= 11 is 12.4. The summed E-state index contributed by atoms with van der Waals surface area (Å²) < 4.78 is 6.14. The summed E-state index contributed by atoms with van der Waals surface area (Å²) in [5.74, 6) is -1.24. The molecule has 0 aromatic heterocycles. The second-order valence-electron chi connectivity index (χ2n) is 8.68. The van der Waals surface area contributed by atoms with Crippen LogP contribution in [0.3, 0.4) is 0 Å². The number of anilines is 3. The summed E-state index contributed by atoms with van der Waals surface area (Å²) in [5, 5.41) is 28.1. The lowest BCUT2D eigenvalue weighted by atomic mass is 10.0. The van der Waals surface area contributed by atoms with Gasteiger partial charge in [0, 0.05) is 27.9 Å². The minimum absolute atomic E-state index is 0.140. The highest BCUT2D eigenvalue weighted by molar-refractivity contribution is 6.37. The molecule has 0 saturated carbocycles. The first-order valence-electron chi connectivity index (χ1n) is 11.9. The van der Waals surface area contributed by atoms with Gasteiger partial charge in [-0.05, 0) is 55.0 Å². The minimum Gasteiger partial charge on any atom is -0.481 e. The van der Waals surface area contributed by atoms with E-state index in [1.807, 2.05) is 6.19 Å². The molecule has 0 aliphatic heterocycles. The van der Waals surface area contributed by atoms with Crippen LogP contribution in [-0.2, 0) is 9.59 Å². The number of carboxylic acid groups (broad SMARTS) is 1. The molecule has 0 spiro atoms. The molecule has 4 aromatic carbocycles. The van der Waals surface area contributed by atoms with Gasteiger partial charge in [0.15, 0.2) is 6.19 Å². The predicted molar refractivity (Wildman–Crippen MR) is 154 cm³/mol. The van der Waals surface area contributed by atoms with Gasteiger partial charge in [0.05, 0.1) is 28.4 Å². The van der Waals surface area contributed by atoms with Gasteiger partial charge in [-0.3, -0.25) is 19.7 Å². The molecule has 0 bridgehead atoms. The Morgan fingerprint density at radius 1 is 0.925 bits per heavy atom. The van der Waals surface area contributed by atoms with Gasteiger partial charge < -0.3 is 20.5 Å². The summed E-state index contributed by atoms with van der Waals surface area (Å²) in [6.45, 7) is 1.78. The van der Waals surface area contributed by atoms with Crippen molar-refractivity contribution in [3.05, 3.63) is 87.9 Å². The fraction of sp³-hybridized carbons (Fsp3) is 0.103. The lowest BCUT2D eigenvalue weighted by molar-refractivity contribution is -0.138. The molecule has 202 valence electrons. The molecule has 9 nitrogen and oxygen atoms in total. The van der Waals surface area contributed by atoms with E-state index in [1.165, 1.54) is 12.1 Å². The van der Waals surface area contributed by atoms with E-state index in [0.717, 1.165) is 5.56 Å². The third-order valence-corrected chi connectivity index (χ3v) is 6.58. The smallest absolute Gasteiger partial charge is 0.303 e. The zero-order chi connectivity index (χ0) is 28.8. The van der Waals surface area contributed by atoms with Crippen molar-refractivity contribution >= 4 is 68.8 Å². The summed E-state index contributed by atoms with van der Waals surface area (Å²) in [7, 11) is 0. The first-order valence-corrected chi connectivity index (χ1v) is 12.7. The number of carboxylic acids is 1. The van der Waals surface area contributed by atoms with Gasteiger partial charge in [0.25, 0.3) is 5.91 Å². The number of nitrogens with one attached hydrogen (secondary N) is 3. The topological polar surface area (TPSA) is 141 Å². The van der Waals surface area contributed by atoms with E-state index < -0.39 is 17.8 Å². The molecule has 4 rings (SSSR count). The quantitative estimate of drug-likeness (QED) is 0.122. The third-order valence-electron chi connectivity index (χ3n) is 5.86. The summed E-state index contributed by atoms with van der Waals surface area (Å²) in [6.07, 6.45) is 1.48. The van der Waals surface area contributed by atoms with Crippen LogP contribution >= 0.6 is 23.2 Å². The standard InChI is InChI=1S/C29H22Cl2N4O5/c1-16-12-24(23(31)14-22(16)30)35-29(39)21-13-25(19-4-2-3-5-20(19)28(21)33-15-32)40-18-8-6-17(7-9-18)34-26(36)10-11-27(37)38/h2-9,12-14,33H,10-11H2,1H3,(H,34,36)(H,35,39)(H,37,38). The molecule has 40 heavy (non-hydrogen) atoms. The molecule has 2 amide bonds. The average molecular weight is 577 g/mol. The summed E-state index contributed by atoms with van der Waals surface area (Å²) in [5.41, 5.74) is 1.98. The van der Waals surface area contributed by atoms with Gasteiger partial charge in [-0.15, -0.1) is 0 Å². The zero-order valence-corrected chi connectivity index (χ0v) is 22.6. The number of aliphatic carboxylic acids is 1. The normalized spacial score (nSPS) is 10.4. The van der Waals surface area contributed by atoms with Crippen molar-refractivity contribution in [3.63, 3.8) is 0 Å². The zero-order valence-electron chi connectivity index (χ0n) is 21.0. The molecular weight excluding hydrogens is 555 g/mol. The molecule has 0 aliphatic rings. The Bertz CT molecular complexity index is 1670. The Kier molecular flexibility index (Phi) is 8.74. The predicted octanol–water partition coefficient (Wildman–Crippen LogP) is 7.20. The SMILES string of the molecule is Cc1cc(NC(=O)c2cc(Oc3ccc(NC(=O)CCC(=O)O)cc3)c3ccccc3c2NC#N)c(Cl)cc1Cl. The number of hydrogen-bond donors (Lipinski definition) is 4. The molecule has 4 N–H and O–H groups in total. The molecule has 0 fully saturated rings. The van der Waals surface area contributed by atoms with Crippen molar-refractivity contribution in [2.45, 2.75) is 19.8 Å². The van der Waals surface area contributed by atoms with Crippen molar-refractivity contribution in [1.29, 1.82) is 5.26 Å². The second kappa shape index (κ2) is 12.4. The molecule has 0 aliphatic carbocycles. The van der Waals surface area contributed by atoms with Crippen LogP contribution in [0.5, 0.6) is 11.5 Å². The Morgan fingerprint density at radius 3 is 2.30 bits per heavy atom. The maximum Gasteiger partial charge on any atom is 0.303 e. The van der Waals surface area contributed by atoms with Gasteiger partial charge in [0.1, 0.15) is 11.5 Å². The molecule has 0 radical (unpaired) electrons. The van der Waals surface area contributed by atoms with Crippen LogP contribution in [0, 0.1) is 18.4 Å². The second-order valence-corrected chi connectivity index (χ2v) is 9.50. The van der Waals surface area contributed by atoms with Crippen LogP contribution in [-0.4, -0.2) is 22.9 Å². The van der Waals surface area contributed by atoms with Crippen LogP contribution in [0.15, 0.2) is 66.7 Å². The van der Waals surface area contributed by atoms with Crippen LogP contribution in [0.2, 0.25) is 10.0 Å². The van der Waals surface area contributed by atoms with Crippen LogP contribution in [0.1, 0.15) is 28.8 Å². The number of nitrogens with zero attached hydrogens (tertiary/aromatic N) is 1. The number of benzene rings is 4. The number of carbonyl (C=O) groups excluding carboxylic acids is 2. The van der Waals surface area contributed by atoms with E-state index in [9.17, 15) is 19.6 Å². The van der Waals surface area contributed by atoms with Crippen molar-refractivity contribution in [2.75, 3.05) is 16.0 Å². The van der Waals surface area contributed by atoms with Crippen molar-refractivity contribution < 1.29 is 24.2 Å². The largest absolute Gasteiger partial charge is 0.481 e. The van der Waals surface area contributed by atoms with Gasteiger partial charge in [-0.25, -0.2) is 0 Å². The number of hydrogen-bond acceptors (Lipinski definition) is 6. The Hall–Kier alpha value is -4.78. The van der Waals surface area contributed by atoms with E-state index in [0.29, 0.717) is 44.4 Å². The molecule has 0 heterocycles. The van der Waals surface area contributed by atoms with E-state index in [-0.39, 0.29) is 23.4 Å². The monoisotopic (exact) mass is 576 g/mol. The van der Waals surface area contributed by atoms with E-state index in [2.05, 4.69) is 16.0 Å². The van der Waals surface area contributed by atoms with Gasteiger partial charge in [-0.2, -0.15) is 5.26 Å². The van der Waals surface area contributed by atoms with Crippen molar-refractivity contribution in [2.24, 2.45) is 0 Å². The maximum absolute atomic E-state index is 13.5. The first kappa shape index (κ1) is 28.2. The van der Waals surface area contributed by atoms with Crippen molar-refractivity contribution in [3.8, 4) is 17.7 Å². The van der Waals surface area contributed by atoms with Gasteiger partial charge in [0.2, 0.25) is 5.91 Å². The molecule has 11 heteroatoms. The van der Waals surface area contributed by atoms with E-state index >= 15 is 0 Å². The number of rotatable bonds is 9. The molecule has 0 atom stereocenters. The van der Waals surface area contributed by atoms with Crippen molar-refractivity contribution in [1.82, 2.24) is 0 Å². The summed E-state index contributed by atoms with van der Waals surface area (Å²) in [4.78, 5) is 36.1. The third kappa shape index (κ3) is 6.61. The number of aryl methyl sites for hydroxylation is 1. The average Bonchev–Trinajstić information content (AvgIpc) is 2.92. The number of fused-ring (bicyclic) bond motifs is 1. The Balaban J connectivity index is 1.67. The minimum atomic E-state index is -1.05. The number of amides is 2. The van der Waals surface area contributed by atoms with Gasteiger partial charge >= 0.3 is 5.97 Å². The fourth-order valence-electron chi connectivity index (χ4n) is 3.92. The maximum atomic E-state index is 13.5. The lowest BCUT2D eigenvalue weighted by Crippen LogP contribution is -2.15. The van der Waals surface area contributed by atoms with Crippen LogP contribution in [0.4, 0.5) is 17.1 Å². The van der Waals surface area contributed by atoms with Crippen LogP contribution < -0.4 is 20.7 Å². The lowest BCUT2D eigenvalue weighted by Gasteiger charge is -2.17. The highest BCUT2D eigenvalue weighted by Crippen LogP contribution is 2.38. The number of ether oxygens (including phenoxy) is 1. The molecule has 4 aromatic rings. The highest BCUT2D eigenvalue weighted by Gasteiger charge is 2.20. The fourth-order valence-corrected chi connectivity index (χ4v) is 4.35. The highest BCUT2D eigenvalue weighted by atomic mass is 35.5.